The van der Waals surface area contributed by atoms with Crippen LogP contribution >= 0.6 is 0 Å². The molecular formula is C11H18N2O. The van der Waals surface area contributed by atoms with Crippen LogP contribution in [0.2, 0.25) is 0 Å². The molecule has 0 aromatic carbocycles. The summed E-state index contributed by atoms with van der Waals surface area (Å²) in [5.74, 6) is 0.848. The Hall–Kier alpha value is -0.830. The number of piperidine rings is 1. The molecule has 2 rings (SSSR count). The van der Waals surface area contributed by atoms with Crippen LogP contribution in [-0.4, -0.2) is 30.4 Å². The summed E-state index contributed by atoms with van der Waals surface area (Å²) >= 11 is 0. The highest BCUT2D eigenvalue weighted by atomic mass is 16.2. The van der Waals surface area contributed by atoms with Crippen molar-refractivity contribution in [3.63, 3.8) is 0 Å². The molecule has 0 radical (unpaired) electrons. The first-order chi connectivity index (χ1) is 6.81. The van der Waals surface area contributed by atoms with Crippen molar-refractivity contribution >= 4 is 5.91 Å². The van der Waals surface area contributed by atoms with E-state index in [4.69, 9.17) is 5.73 Å². The van der Waals surface area contributed by atoms with E-state index in [9.17, 15) is 4.79 Å². The molecule has 0 aromatic heterocycles. The van der Waals surface area contributed by atoms with Gasteiger partial charge in [-0.25, -0.2) is 0 Å². The number of carbonyl (C=O) groups excluding carboxylic acids is 1. The van der Waals surface area contributed by atoms with Crippen LogP contribution in [0.1, 0.15) is 25.7 Å². The Morgan fingerprint density at radius 2 is 2.43 bits per heavy atom. The molecule has 78 valence electrons. The lowest BCUT2D eigenvalue weighted by Gasteiger charge is -2.36. The van der Waals surface area contributed by atoms with Gasteiger partial charge in [-0.2, -0.15) is 0 Å². The third-order valence-electron chi connectivity index (χ3n) is 3.34. The standard InChI is InChI=1S/C11H18N2O/c12-7-11(14)13-6-5-9-3-1-2-4-10(9)8-13/h4,9H,1-3,5-8,12H2. The summed E-state index contributed by atoms with van der Waals surface area (Å²) in [6, 6.07) is 0. The lowest BCUT2D eigenvalue weighted by molar-refractivity contribution is -0.130. The van der Waals surface area contributed by atoms with E-state index >= 15 is 0 Å². The number of allylic oxidation sites excluding steroid dienone is 1. The summed E-state index contributed by atoms with van der Waals surface area (Å²) in [5, 5.41) is 0. The van der Waals surface area contributed by atoms with Gasteiger partial charge in [-0.05, 0) is 31.6 Å². The molecule has 2 aliphatic rings. The fourth-order valence-corrected chi connectivity index (χ4v) is 2.48. The molecule has 1 heterocycles. The van der Waals surface area contributed by atoms with Gasteiger partial charge >= 0.3 is 0 Å². The number of fused-ring (bicyclic) bond motifs is 1. The van der Waals surface area contributed by atoms with Gasteiger partial charge in [0.05, 0.1) is 6.54 Å². The first kappa shape index (κ1) is 9.71. The molecule has 1 atom stereocenters. The van der Waals surface area contributed by atoms with Gasteiger partial charge in [-0.15, -0.1) is 0 Å². The van der Waals surface area contributed by atoms with Crippen LogP contribution in [0.25, 0.3) is 0 Å². The second-order valence-electron chi connectivity index (χ2n) is 4.21. The second-order valence-corrected chi connectivity index (χ2v) is 4.21. The quantitative estimate of drug-likeness (QED) is 0.630. The van der Waals surface area contributed by atoms with Gasteiger partial charge in [0.1, 0.15) is 0 Å². The number of amides is 1. The van der Waals surface area contributed by atoms with Crippen molar-refractivity contribution in [2.24, 2.45) is 11.7 Å². The average Bonchev–Trinajstić information content (AvgIpc) is 2.27. The second kappa shape index (κ2) is 4.13. The number of hydrogen-bond acceptors (Lipinski definition) is 2. The van der Waals surface area contributed by atoms with Crippen molar-refractivity contribution < 1.29 is 4.79 Å². The van der Waals surface area contributed by atoms with Gasteiger partial charge in [0, 0.05) is 13.1 Å². The number of nitrogens with zero attached hydrogens (tertiary/aromatic N) is 1. The summed E-state index contributed by atoms with van der Waals surface area (Å²) in [6.45, 7) is 1.89. The molecular weight excluding hydrogens is 176 g/mol. The Morgan fingerprint density at radius 1 is 1.57 bits per heavy atom. The van der Waals surface area contributed by atoms with Gasteiger partial charge < -0.3 is 10.6 Å². The minimum absolute atomic E-state index is 0.0925. The number of nitrogens with two attached hydrogens (primary N) is 1. The number of likely N-dealkylation sites (tertiary alicyclic amines) is 1. The number of rotatable bonds is 1. The highest BCUT2D eigenvalue weighted by molar-refractivity contribution is 5.78. The van der Waals surface area contributed by atoms with E-state index in [-0.39, 0.29) is 12.5 Å². The molecule has 1 amide bonds. The Kier molecular flexibility index (Phi) is 2.87. The van der Waals surface area contributed by atoms with Crippen LogP contribution in [0.4, 0.5) is 0 Å². The molecule has 0 spiro atoms. The molecule has 1 saturated heterocycles. The van der Waals surface area contributed by atoms with Crippen LogP contribution < -0.4 is 5.73 Å². The van der Waals surface area contributed by atoms with E-state index in [2.05, 4.69) is 6.08 Å². The van der Waals surface area contributed by atoms with Crippen LogP contribution in [0, 0.1) is 5.92 Å². The molecule has 1 aliphatic carbocycles. The van der Waals surface area contributed by atoms with Crippen LogP contribution in [0.3, 0.4) is 0 Å². The molecule has 1 unspecified atom stereocenters. The first-order valence-electron chi connectivity index (χ1n) is 5.48. The summed E-state index contributed by atoms with van der Waals surface area (Å²) in [7, 11) is 0. The van der Waals surface area contributed by atoms with Crippen molar-refractivity contribution in [1.82, 2.24) is 4.90 Å². The summed E-state index contributed by atoms with van der Waals surface area (Å²) in [4.78, 5) is 13.3. The lowest BCUT2D eigenvalue weighted by atomic mass is 9.82. The third kappa shape index (κ3) is 1.82. The molecule has 2 N–H and O–H groups in total. The third-order valence-corrected chi connectivity index (χ3v) is 3.34. The number of hydrogen-bond donors (Lipinski definition) is 1. The summed E-state index contributed by atoms with van der Waals surface area (Å²) in [5.41, 5.74) is 6.84. The monoisotopic (exact) mass is 194 g/mol. The molecule has 1 aliphatic heterocycles. The van der Waals surface area contributed by atoms with E-state index in [0.29, 0.717) is 0 Å². The number of carbonyl (C=O) groups is 1. The minimum atomic E-state index is 0.0925. The van der Waals surface area contributed by atoms with E-state index in [1.807, 2.05) is 4.90 Å². The molecule has 1 fully saturated rings. The maximum absolute atomic E-state index is 11.4. The zero-order valence-corrected chi connectivity index (χ0v) is 8.54. The Labute approximate surface area is 84.9 Å². The normalized spacial score (nSPS) is 26.8. The summed E-state index contributed by atoms with van der Waals surface area (Å²) in [6.07, 6.45) is 7.29. The topological polar surface area (TPSA) is 46.3 Å². The molecule has 3 nitrogen and oxygen atoms in total. The fourth-order valence-electron chi connectivity index (χ4n) is 2.48. The molecule has 3 heteroatoms. The maximum atomic E-state index is 11.4. The zero-order valence-electron chi connectivity index (χ0n) is 8.54. The Balaban J connectivity index is 2.02. The first-order valence-corrected chi connectivity index (χ1v) is 5.48. The summed E-state index contributed by atoms with van der Waals surface area (Å²) < 4.78 is 0. The smallest absolute Gasteiger partial charge is 0.236 e. The van der Waals surface area contributed by atoms with Crippen molar-refractivity contribution in [2.75, 3.05) is 19.6 Å². The Bertz CT molecular complexity index is 260. The van der Waals surface area contributed by atoms with Crippen molar-refractivity contribution in [3.8, 4) is 0 Å². The van der Waals surface area contributed by atoms with Crippen molar-refractivity contribution in [2.45, 2.75) is 25.7 Å². The SMILES string of the molecule is NCC(=O)N1CCC2CCCC=C2C1. The lowest BCUT2D eigenvalue weighted by Crippen LogP contribution is -2.43. The Morgan fingerprint density at radius 3 is 3.21 bits per heavy atom. The van der Waals surface area contributed by atoms with Crippen LogP contribution in [0.15, 0.2) is 11.6 Å². The molecule has 0 saturated carbocycles. The van der Waals surface area contributed by atoms with Crippen molar-refractivity contribution in [1.29, 1.82) is 0 Å². The van der Waals surface area contributed by atoms with Gasteiger partial charge in [0.15, 0.2) is 0 Å². The van der Waals surface area contributed by atoms with E-state index in [1.165, 1.54) is 24.8 Å². The van der Waals surface area contributed by atoms with Crippen LogP contribution in [-0.2, 0) is 4.79 Å². The molecule has 0 bridgehead atoms. The molecule has 14 heavy (non-hydrogen) atoms. The zero-order chi connectivity index (χ0) is 9.97. The van der Waals surface area contributed by atoms with Crippen LogP contribution in [0.5, 0.6) is 0 Å². The maximum Gasteiger partial charge on any atom is 0.236 e. The van der Waals surface area contributed by atoms with Gasteiger partial charge in [0.2, 0.25) is 5.91 Å². The minimum Gasteiger partial charge on any atom is -0.338 e. The van der Waals surface area contributed by atoms with Gasteiger partial charge in [-0.1, -0.05) is 11.6 Å². The highest BCUT2D eigenvalue weighted by Gasteiger charge is 2.26. The van der Waals surface area contributed by atoms with Crippen molar-refractivity contribution in [3.05, 3.63) is 11.6 Å². The van der Waals surface area contributed by atoms with E-state index in [1.54, 1.807) is 0 Å². The van der Waals surface area contributed by atoms with Gasteiger partial charge in [-0.3, -0.25) is 4.79 Å². The largest absolute Gasteiger partial charge is 0.338 e. The molecule has 0 aromatic rings. The van der Waals surface area contributed by atoms with E-state index in [0.717, 1.165) is 25.4 Å². The fraction of sp³-hybridized carbons (Fsp3) is 0.727. The average molecular weight is 194 g/mol. The predicted octanol–water partition coefficient (Wildman–Crippen LogP) is 0.904. The predicted molar refractivity (Wildman–Crippen MR) is 55.7 cm³/mol. The van der Waals surface area contributed by atoms with E-state index < -0.39 is 0 Å². The highest BCUT2D eigenvalue weighted by Crippen LogP contribution is 2.31. The van der Waals surface area contributed by atoms with Gasteiger partial charge in [0.25, 0.3) is 0 Å².